The molecule has 2 aromatic carbocycles. The molecule has 2 aromatic rings. The third-order valence-corrected chi connectivity index (χ3v) is 15.6. The molecule has 3 fully saturated rings. The van der Waals surface area contributed by atoms with E-state index in [2.05, 4.69) is 5.32 Å². The third-order valence-electron chi connectivity index (χ3n) is 15.6. The molecule has 3 saturated heterocycles. The molecule has 0 saturated carbocycles. The molecule has 5 rings (SSSR count). The van der Waals surface area contributed by atoms with Gasteiger partial charge < -0.3 is 74.8 Å². The second kappa shape index (κ2) is 24.8. The summed E-state index contributed by atoms with van der Waals surface area (Å²) in [5, 5.41) is 65.4. The fourth-order valence-electron chi connectivity index (χ4n) is 11.2. The molecule has 3 aliphatic heterocycles. The topological polar surface area (TPSA) is 256 Å². The van der Waals surface area contributed by atoms with Crippen molar-refractivity contribution in [2.45, 2.75) is 192 Å². The molecule has 3 amide bonds. The molecule has 0 radical (unpaired) electrons. The van der Waals surface area contributed by atoms with Crippen LogP contribution in [0.3, 0.4) is 0 Å². The van der Waals surface area contributed by atoms with Crippen molar-refractivity contribution >= 4 is 34.4 Å². The van der Waals surface area contributed by atoms with Gasteiger partial charge in [0.1, 0.15) is 30.0 Å². The van der Waals surface area contributed by atoms with Gasteiger partial charge in [-0.15, -0.1) is 0 Å². The van der Waals surface area contributed by atoms with Crippen LogP contribution in [0.4, 0.5) is 10.5 Å². The number of rotatable bonds is 14. The second-order valence-corrected chi connectivity index (χ2v) is 21.9. The number of methoxy groups -OCH3 is 1. The number of ether oxygens (including phenoxy) is 6. The Bertz CT molecular complexity index is 2100. The largest absolute Gasteiger partial charge is 0.459 e. The number of cyclic esters (lactones) is 1. The van der Waals surface area contributed by atoms with Crippen molar-refractivity contribution in [2.24, 2.45) is 23.5 Å². The van der Waals surface area contributed by atoms with Crippen LogP contribution in [0.2, 0.25) is 0 Å². The van der Waals surface area contributed by atoms with Gasteiger partial charge in [-0.1, -0.05) is 51.1 Å². The summed E-state index contributed by atoms with van der Waals surface area (Å²) in [5.74, 6) is -3.73. The Balaban J connectivity index is 1.55. The van der Waals surface area contributed by atoms with Gasteiger partial charge in [0.25, 0.3) is 0 Å². The van der Waals surface area contributed by atoms with Gasteiger partial charge in [-0.2, -0.15) is 0 Å². The summed E-state index contributed by atoms with van der Waals surface area (Å²) >= 11 is 0. The first-order chi connectivity index (χ1) is 33.6. The number of urea groups is 1. The minimum Gasteiger partial charge on any atom is -0.459 e. The number of benzene rings is 2. The number of nitrogens with zero attached hydrogens (tertiary/aromatic N) is 3. The van der Waals surface area contributed by atoms with E-state index in [9.17, 15) is 39.9 Å². The number of fused-ring (bicyclic) bond motifs is 1. The molecular weight excluding hydrogens is 931 g/mol. The number of primary amides is 1. The zero-order chi connectivity index (χ0) is 53.6. The van der Waals surface area contributed by atoms with Crippen molar-refractivity contribution in [3.8, 4) is 0 Å². The molecule has 0 aliphatic carbocycles. The minimum atomic E-state index is -2.02. The van der Waals surface area contributed by atoms with Crippen LogP contribution >= 0.6 is 0 Å². The fourth-order valence-corrected chi connectivity index (χ4v) is 11.2. The Kier molecular flexibility index (Phi) is 20.5. The third kappa shape index (κ3) is 14.2. The van der Waals surface area contributed by atoms with E-state index in [0.717, 1.165) is 10.8 Å². The van der Waals surface area contributed by atoms with Crippen molar-refractivity contribution in [3.05, 3.63) is 42.5 Å². The van der Waals surface area contributed by atoms with E-state index in [1.807, 2.05) is 74.1 Å². The molecule has 19 heteroatoms. The standard InChI is InChI=1S/C53H87N5O14/c1-14-40-53(10,66)45(61)34(6)58(24-23-57(22-21-41(54)59)50(64)55-38-20-19-36-17-15-16-18-37(36)26-38)29-30(2)27-51(8,65)47(72-49-43(60)39(56(11)12)25-31(3)68-49)32(4)44(33(5)48(63)70-40)71-42-28-52(9,67-13)46(62)35(7)69-42/h15-20,26,30-35,39-40,42-47,49,60-62,65-66H,14,21-25,27-29H2,1-13H3,(H2,54,59)(H,55,64)/t30-,31-,32+,33-,34-,35+,39+,40-,42-,43-,44+,45-,46+,47-,49+,51-,52-,53-/m1/s1. The summed E-state index contributed by atoms with van der Waals surface area (Å²) in [5.41, 5.74) is 1.29. The van der Waals surface area contributed by atoms with Crippen LogP contribution in [0.25, 0.3) is 10.8 Å². The molecular formula is C53H87N5O14. The van der Waals surface area contributed by atoms with Crippen LogP contribution in [0.15, 0.2) is 42.5 Å². The SMILES string of the molecule is CC[C@H]1OC(=O)[C@H](C)[C@@H](O[C@@H]2C[C@@](C)(OC)[C@@H](O)[C@H](C)O2)[C@H](C)[C@@H](O[C@@H]2O[C@H](C)C[C@H](N(C)C)[C@H]2O)[C@](C)(O)C[C@@H](C)CN(CCN(CCC(N)=O)C(=O)Nc2ccc3ccccc3c2)[C@H](C)[C@@H](O)[C@]1(C)O. The highest BCUT2D eigenvalue weighted by Crippen LogP contribution is 2.40. The predicted octanol–water partition coefficient (Wildman–Crippen LogP) is 3.83. The van der Waals surface area contributed by atoms with Crippen LogP contribution in [0.1, 0.15) is 101 Å². The van der Waals surface area contributed by atoms with Crippen LogP contribution in [0.5, 0.6) is 0 Å². The van der Waals surface area contributed by atoms with Crippen molar-refractivity contribution < 1.29 is 68.3 Å². The first kappa shape index (κ1) is 59.3. The van der Waals surface area contributed by atoms with Gasteiger partial charge in [-0.05, 0) is 111 Å². The van der Waals surface area contributed by atoms with Gasteiger partial charge in [0, 0.05) is 69.8 Å². The Hall–Kier alpha value is -3.57. The number of carbonyl (C=O) groups excluding carboxylic acids is 3. The molecule has 72 heavy (non-hydrogen) atoms. The molecule has 3 heterocycles. The Morgan fingerprint density at radius 3 is 2.21 bits per heavy atom. The van der Waals surface area contributed by atoms with Gasteiger partial charge in [-0.25, -0.2) is 4.79 Å². The minimum absolute atomic E-state index is 0.00776. The molecule has 8 N–H and O–H groups in total. The van der Waals surface area contributed by atoms with Gasteiger partial charge in [0.15, 0.2) is 12.6 Å². The molecule has 0 spiro atoms. The van der Waals surface area contributed by atoms with E-state index in [0.29, 0.717) is 12.1 Å². The number of aliphatic hydroxyl groups excluding tert-OH is 3. The Morgan fingerprint density at radius 2 is 1.58 bits per heavy atom. The van der Waals surface area contributed by atoms with Gasteiger partial charge in [0.05, 0.1) is 41.5 Å². The van der Waals surface area contributed by atoms with Crippen LogP contribution in [-0.2, 0) is 38.0 Å². The summed E-state index contributed by atoms with van der Waals surface area (Å²) in [4.78, 5) is 46.1. The van der Waals surface area contributed by atoms with Crippen LogP contribution in [0, 0.1) is 17.8 Å². The lowest BCUT2D eigenvalue weighted by molar-refractivity contribution is -0.318. The summed E-state index contributed by atoms with van der Waals surface area (Å²) in [7, 11) is 5.21. The fraction of sp³-hybridized carbons (Fsp3) is 0.755. The van der Waals surface area contributed by atoms with E-state index in [1.54, 1.807) is 54.5 Å². The quantitative estimate of drug-likeness (QED) is 0.133. The molecule has 19 nitrogen and oxygen atoms in total. The van der Waals surface area contributed by atoms with Crippen LogP contribution < -0.4 is 11.1 Å². The van der Waals surface area contributed by atoms with Crippen molar-refractivity contribution in [2.75, 3.05) is 52.7 Å². The summed E-state index contributed by atoms with van der Waals surface area (Å²) in [6, 6.07) is 11.6. The zero-order valence-corrected chi connectivity index (χ0v) is 44.9. The summed E-state index contributed by atoms with van der Waals surface area (Å²) in [6.45, 7) is 17.6. The second-order valence-electron chi connectivity index (χ2n) is 21.9. The zero-order valence-electron chi connectivity index (χ0n) is 44.9. The lowest BCUT2D eigenvalue weighted by Crippen LogP contribution is -2.60. The van der Waals surface area contributed by atoms with Crippen molar-refractivity contribution in [1.82, 2.24) is 14.7 Å². The maximum atomic E-state index is 14.7. The molecule has 0 bridgehead atoms. The number of nitrogens with two attached hydrogens (primary N) is 1. The maximum Gasteiger partial charge on any atom is 0.321 e. The highest BCUT2D eigenvalue weighted by Gasteiger charge is 2.53. The van der Waals surface area contributed by atoms with E-state index < -0.39 is 108 Å². The maximum absolute atomic E-state index is 14.7. The molecule has 0 unspecified atom stereocenters. The summed E-state index contributed by atoms with van der Waals surface area (Å²) in [6.07, 6.45) is -9.86. The van der Waals surface area contributed by atoms with E-state index in [4.69, 9.17) is 34.2 Å². The van der Waals surface area contributed by atoms with E-state index >= 15 is 0 Å². The number of likely N-dealkylation sites (N-methyl/N-ethyl adjacent to an activating group) is 1. The predicted molar refractivity (Wildman–Crippen MR) is 271 cm³/mol. The molecule has 3 aliphatic rings. The Morgan fingerprint density at radius 1 is 0.917 bits per heavy atom. The monoisotopic (exact) mass is 1020 g/mol. The number of hydrogen-bond donors (Lipinski definition) is 7. The van der Waals surface area contributed by atoms with Crippen molar-refractivity contribution in [3.63, 3.8) is 0 Å². The van der Waals surface area contributed by atoms with Gasteiger partial charge in [0.2, 0.25) is 5.91 Å². The number of amides is 3. The number of hydrogen-bond acceptors (Lipinski definition) is 16. The lowest BCUT2D eigenvalue weighted by Gasteiger charge is -2.48. The molecule has 0 aromatic heterocycles. The first-order valence-corrected chi connectivity index (χ1v) is 25.7. The Labute approximate surface area is 426 Å². The highest BCUT2D eigenvalue weighted by molar-refractivity contribution is 5.93. The van der Waals surface area contributed by atoms with Gasteiger partial charge in [-0.3, -0.25) is 14.5 Å². The number of esters is 1. The van der Waals surface area contributed by atoms with E-state index in [-0.39, 0.29) is 69.9 Å². The first-order valence-electron chi connectivity index (χ1n) is 25.7. The summed E-state index contributed by atoms with van der Waals surface area (Å²) < 4.78 is 38.2. The van der Waals surface area contributed by atoms with E-state index in [1.165, 1.54) is 18.9 Å². The highest BCUT2D eigenvalue weighted by atomic mass is 16.7. The number of nitrogens with one attached hydrogen (secondary N) is 1. The van der Waals surface area contributed by atoms with Gasteiger partial charge >= 0.3 is 12.0 Å². The lowest BCUT2D eigenvalue weighted by atomic mass is 9.77. The average Bonchev–Trinajstić information content (AvgIpc) is 3.31. The number of carbonyl (C=O) groups is 3. The normalized spacial score (nSPS) is 38.9. The molecule has 408 valence electrons. The van der Waals surface area contributed by atoms with Crippen LogP contribution in [-0.4, -0.2) is 196 Å². The van der Waals surface area contributed by atoms with Crippen molar-refractivity contribution in [1.29, 1.82) is 0 Å². The number of anilines is 1. The number of aliphatic hydroxyl groups is 5. The smallest absolute Gasteiger partial charge is 0.321 e. The molecule has 18 atom stereocenters. The average molecular weight is 1020 g/mol.